The fourth-order valence-electron chi connectivity index (χ4n) is 3.23. The van der Waals surface area contributed by atoms with E-state index in [0.29, 0.717) is 28.9 Å². The van der Waals surface area contributed by atoms with Gasteiger partial charge >= 0.3 is 0 Å². The molecule has 1 fully saturated rings. The number of hydrogen-bond donors (Lipinski definition) is 1. The fourth-order valence-corrected chi connectivity index (χ4v) is 4.53. The number of thiazole rings is 1. The number of carbonyl (C=O) groups excluding carboxylic acids is 1. The quantitative estimate of drug-likeness (QED) is 0.588. The van der Waals surface area contributed by atoms with E-state index in [1.807, 2.05) is 47.8 Å². The van der Waals surface area contributed by atoms with E-state index in [9.17, 15) is 4.79 Å². The van der Waals surface area contributed by atoms with Gasteiger partial charge in [-0.25, -0.2) is 4.98 Å². The van der Waals surface area contributed by atoms with Crippen LogP contribution in [0.25, 0.3) is 10.6 Å². The van der Waals surface area contributed by atoms with Crippen molar-refractivity contribution in [2.75, 3.05) is 36.5 Å². The molecule has 8 heteroatoms. The van der Waals surface area contributed by atoms with Crippen molar-refractivity contribution in [2.45, 2.75) is 6.42 Å². The summed E-state index contributed by atoms with van der Waals surface area (Å²) in [7, 11) is 0. The highest BCUT2D eigenvalue weighted by Gasteiger charge is 2.19. The van der Waals surface area contributed by atoms with E-state index in [1.54, 1.807) is 0 Å². The second kappa shape index (κ2) is 9.13. The first kappa shape index (κ1) is 20.2. The van der Waals surface area contributed by atoms with E-state index in [-0.39, 0.29) is 12.3 Å². The van der Waals surface area contributed by atoms with Crippen molar-refractivity contribution in [1.29, 1.82) is 0 Å². The van der Waals surface area contributed by atoms with Crippen LogP contribution in [0.3, 0.4) is 0 Å². The van der Waals surface area contributed by atoms with Crippen LogP contribution in [-0.2, 0) is 16.0 Å². The van der Waals surface area contributed by atoms with Crippen LogP contribution in [0.2, 0.25) is 10.0 Å². The second-order valence-corrected chi connectivity index (χ2v) is 8.32. The highest BCUT2D eigenvalue weighted by atomic mass is 35.5. The normalized spacial score (nSPS) is 14.1. The number of para-hydroxylation sites is 1. The summed E-state index contributed by atoms with van der Waals surface area (Å²) in [6.07, 6.45) is 0.187. The molecule has 1 amide bonds. The molecule has 0 aliphatic carbocycles. The second-order valence-electron chi connectivity index (χ2n) is 6.61. The number of nitrogens with one attached hydrogen (secondary N) is 1. The molecule has 150 valence electrons. The van der Waals surface area contributed by atoms with Crippen molar-refractivity contribution < 1.29 is 9.53 Å². The maximum atomic E-state index is 12.7. The Labute approximate surface area is 183 Å². The largest absolute Gasteiger partial charge is 0.378 e. The van der Waals surface area contributed by atoms with Crippen LogP contribution < -0.4 is 10.2 Å². The molecule has 1 aromatic heterocycles. The molecular formula is C21H19Cl2N3O2S. The van der Waals surface area contributed by atoms with Crippen LogP contribution in [0.1, 0.15) is 5.69 Å². The Kier molecular flexibility index (Phi) is 6.35. The molecule has 0 bridgehead atoms. The predicted molar refractivity (Wildman–Crippen MR) is 119 cm³/mol. The van der Waals surface area contributed by atoms with Gasteiger partial charge < -0.3 is 15.0 Å². The number of carbonyl (C=O) groups is 1. The van der Waals surface area contributed by atoms with E-state index in [0.717, 1.165) is 35.0 Å². The van der Waals surface area contributed by atoms with E-state index in [1.165, 1.54) is 11.3 Å². The van der Waals surface area contributed by atoms with Crippen LogP contribution in [0.5, 0.6) is 0 Å². The van der Waals surface area contributed by atoms with Gasteiger partial charge in [0.2, 0.25) is 5.91 Å². The minimum Gasteiger partial charge on any atom is -0.378 e. The summed E-state index contributed by atoms with van der Waals surface area (Å²) in [6.45, 7) is 2.76. The number of hydrogen-bond acceptors (Lipinski definition) is 5. The first-order valence-corrected chi connectivity index (χ1v) is 10.8. The molecule has 1 aliphatic rings. The Bertz CT molecular complexity index is 1020. The zero-order valence-corrected chi connectivity index (χ0v) is 17.9. The summed E-state index contributed by atoms with van der Waals surface area (Å²) < 4.78 is 5.42. The van der Waals surface area contributed by atoms with Crippen LogP contribution in [0, 0.1) is 0 Å². The molecule has 29 heavy (non-hydrogen) atoms. The predicted octanol–water partition coefficient (Wildman–Crippen LogP) is 5.13. The number of anilines is 2. The van der Waals surface area contributed by atoms with Gasteiger partial charge in [0, 0.05) is 29.1 Å². The van der Waals surface area contributed by atoms with Gasteiger partial charge in [0.25, 0.3) is 0 Å². The third-order valence-electron chi connectivity index (χ3n) is 4.55. The van der Waals surface area contributed by atoms with Crippen molar-refractivity contribution in [3.05, 3.63) is 63.6 Å². The Morgan fingerprint density at radius 1 is 1.17 bits per heavy atom. The Balaban J connectivity index is 1.47. The van der Waals surface area contributed by atoms with Gasteiger partial charge in [-0.1, -0.05) is 41.4 Å². The van der Waals surface area contributed by atoms with Gasteiger partial charge in [0.1, 0.15) is 5.01 Å². The zero-order valence-electron chi connectivity index (χ0n) is 15.5. The van der Waals surface area contributed by atoms with Crippen molar-refractivity contribution in [1.82, 2.24) is 4.98 Å². The van der Waals surface area contributed by atoms with Gasteiger partial charge in [0.05, 0.1) is 41.7 Å². The third kappa shape index (κ3) is 4.90. The van der Waals surface area contributed by atoms with Crippen molar-refractivity contribution >= 4 is 51.8 Å². The number of amides is 1. The average molecular weight is 448 g/mol. The van der Waals surface area contributed by atoms with Gasteiger partial charge in [0.15, 0.2) is 0 Å². The lowest BCUT2D eigenvalue weighted by Gasteiger charge is -2.31. The lowest BCUT2D eigenvalue weighted by atomic mass is 10.2. The first-order valence-electron chi connectivity index (χ1n) is 9.21. The lowest BCUT2D eigenvalue weighted by Crippen LogP contribution is -2.37. The molecule has 1 saturated heterocycles. The Hall–Kier alpha value is -2.12. The molecule has 0 unspecified atom stereocenters. The van der Waals surface area contributed by atoms with Crippen LogP contribution >= 0.6 is 34.5 Å². The maximum absolute atomic E-state index is 12.7. The number of halogens is 2. The van der Waals surface area contributed by atoms with E-state index in [2.05, 4.69) is 15.2 Å². The molecule has 1 aliphatic heterocycles. The summed E-state index contributed by atoms with van der Waals surface area (Å²) in [5, 5.41) is 7.01. The highest BCUT2D eigenvalue weighted by Crippen LogP contribution is 2.34. The summed E-state index contributed by atoms with van der Waals surface area (Å²) in [4.78, 5) is 19.4. The van der Waals surface area contributed by atoms with E-state index < -0.39 is 0 Å². The molecule has 2 heterocycles. The minimum absolute atomic E-state index is 0.135. The van der Waals surface area contributed by atoms with Crippen molar-refractivity contribution in [3.8, 4) is 10.6 Å². The fraction of sp³-hybridized carbons (Fsp3) is 0.238. The molecular weight excluding hydrogens is 429 g/mol. The molecule has 2 aromatic carbocycles. The monoisotopic (exact) mass is 447 g/mol. The third-order valence-corrected chi connectivity index (χ3v) is 6.03. The molecule has 4 rings (SSSR count). The molecule has 5 nitrogen and oxygen atoms in total. The van der Waals surface area contributed by atoms with Gasteiger partial charge in [-0.15, -0.1) is 11.3 Å². The summed E-state index contributed by atoms with van der Waals surface area (Å²) >= 11 is 14.0. The topological polar surface area (TPSA) is 54.5 Å². The first-order chi connectivity index (χ1) is 14.1. The summed E-state index contributed by atoms with van der Waals surface area (Å²) in [5.41, 5.74) is 3.20. The molecule has 0 saturated carbocycles. The van der Waals surface area contributed by atoms with Gasteiger partial charge in [-0.3, -0.25) is 4.79 Å². The number of benzene rings is 2. The number of rotatable bonds is 5. The van der Waals surface area contributed by atoms with Crippen molar-refractivity contribution in [3.63, 3.8) is 0 Å². The summed E-state index contributed by atoms with van der Waals surface area (Å²) in [6, 6.07) is 13.1. The molecule has 0 spiro atoms. The zero-order chi connectivity index (χ0) is 20.2. The van der Waals surface area contributed by atoms with Crippen LogP contribution in [0.15, 0.2) is 47.8 Å². The standard InChI is InChI=1S/C21H19Cl2N3O2S/c22-15-4-1-3-14(11-15)21-24-16(13-29-21)12-19(27)25-18-6-2-5-17(23)20(18)26-7-9-28-10-8-26/h1-6,11,13H,7-10,12H2,(H,25,27). The Morgan fingerprint density at radius 3 is 2.76 bits per heavy atom. The average Bonchev–Trinajstić information content (AvgIpc) is 3.17. The highest BCUT2D eigenvalue weighted by molar-refractivity contribution is 7.13. The molecule has 0 radical (unpaired) electrons. The van der Waals surface area contributed by atoms with E-state index >= 15 is 0 Å². The number of ether oxygens (including phenoxy) is 1. The van der Waals surface area contributed by atoms with E-state index in [4.69, 9.17) is 27.9 Å². The van der Waals surface area contributed by atoms with Crippen LogP contribution in [-0.4, -0.2) is 37.2 Å². The molecule has 0 atom stereocenters. The minimum atomic E-state index is -0.135. The number of aromatic nitrogens is 1. The molecule has 1 N–H and O–H groups in total. The van der Waals surface area contributed by atoms with Crippen LogP contribution in [0.4, 0.5) is 11.4 Å². The smallest absolute Gasteiger partial charge is 0.230 e. The SMILES string of the molecule is O=C(Cc1csc(-c2cccc(Cl)c2)n1)Nc1cccc(Cl)c1N1CCOCC1. The number of morpholine rings is 1. The summed E-state index contributed by atoms with van der Waals surface area (Å²) in [5.74, 6) is -0.135. The van der Waals surface area contributed by atoms with Gasteiger partial charge in [-0.05, 0) is 24.3 Å². The Morgan fingerprint density at radius 2 is 1.97 bits per heavy atom. The molecule has 3 aromatic rings. The number of nitrogens with zero attached hydrogens (tertiary/aromatic N) is 2. The van der Waals surface area contributed by atoms with Gasteiger partial charge in [-0.2, -0.15) is 0 Å². The lowest BCUT2D eigenvalue weighted by molar-refractivity contribution is -0.115. The maximum Gasteiger partial charge on any atom is 0.230 e. The van der Waals surface area contributed by atoms with Crippen molar-refractivity contribution in [2.24, 2.45) is 0 Å².